The SMILES string of the molecule is CC(=O)Br.CCOC(=O)c1ccccc1. The van der Waals surface area contributed by atoms with E-state index in [1.807, 2.05) is 18.2 Å². The Morgan fingerprint density at radius 3 is 2.13 bits per heavy atom. The lowest BCUT2D eigenvalue weighted by atomic mass is 10.2. The van der Waals surface area contributed by atoms with Gasteiger partial charge < -0.3 is 4.74 Å². The van der Waals surface area contributed by atoms with E-state index in [1.165, 1.54) is 6.92 Å². The minimum Gasteiger partial charge on any atom is -0.462 e. The molecule has 1 rings (SSSR count). The fraction of sp³-hybridized carbons (Fsp3) is 0.273. The van der Waals surface area contributed by atoms with Crippen LogP contribution in [0.3, 0.4) is 0 Å². The zero-order valence-electron chi connectivity index (χ0n) is 8.70. The fourth-order valence-electron chi connectivity index (χ4n) is 0.789. The van der Waals surface area contributed by atoms with E-state index in [2.05, 4.69) is 15.9 Å². The average Bonchev–Trinajstić information content (AvgIpc) is 2.19. The van der Waals surface area contributed by atoms with Crippen molar-refractivity contribution in [1.29, 1.82) is 0 Å². The van der Waals surface area contributed by atoms with Crippen LogP contribution in [0.25, 0.3) is 0 Å². The molecule has 4 heteroatoms. The first-order valence-electron chi connectivity index (χ1n) is 4.46. The molecular formula is C11H13BrO3. The van der Waals surface area contributed by atoms with Crippen LogP contribution in [0.15, 0.2) is 30.3 Å². The van der Waals surface area contributed by atoms with Gasteiger partial charge in [0.25, 0.3) is 0 Å². The summed E-state index contributed by atoms with van der Waals surface area (Å²) >= 11 is 2.63. The molecule has 0 unspecified atom stereocenters. The predicted octanol–water partition coefficient (Wildman–Crippen LogP) is 2.79. The lowest BCUT2D eigenvalue weighted by Crippen LogP contribution is -2.03. The van der Waals surface area contributed by atoms with Gasteiger partial charge in [-0.25, -0.2) is 4.79 Å². The second kappa shape index (κ2) is 8.17. The fourth-order valence-corrected chi connectivity index (χ4v) is 0.789. The van der Waals surface area contributed by atoms with Gasteiger partial charge in [-0.15, -0.1) is 0 Å². The van der Waals surface area contributed by atoms with Gasteiger partial charge in [0.1, 0.15) is 0 Å². The highest BCUT2D eigenvalue weighted by molar-refractivity contribution is 9.18. The van der Waals surface area contributed by atoms with Crippen molar-refractivity contribution in [3.63, 3.8) is 0 Å². The Morgan fingerprint density at radius 1 is 1.27 bits per heavy atom. The van der Waals surface area contributed by atoms with Gasteiger partial charge in [0.05, 0.1) is 12.2 Å². The van der Waals surface area contributed by atoms with Crippen molar-refractivity contribution < 1.29 is 14.3 Å². The molecule has 0 radical (unpaired) electrons. The summed E-state index contributed by atoms with van der Waals surface area (Å²) < 4.78 is 4.77. The van der Waals surface area contributed by atoms with Crippen LogP contribution >= 0.6 is 15.9 Å². The summed E-state index contributed by atoms with van der Waals surface area (Å²) in [4.78, 5) is 20.4. The molecule has 0 heterocycles. The molecule has 1 aromatic rings. The molecule has 0 fully saturated rings. The van der Waals surface area contributed by atoms with Gasteiger partial charge in [-0.2, -0.15) is 0 Å². The number of esters is 1. The Kier molecular flexibility index (Phi) is 7.54. The molecule has 3 nitrogen and oxygen atoms in total. The number of carbonyl (C=O) groups is 2. The molecule has 15 heavy (non-hydrogen) atoms. The van der Waals surface area contributed by atoms with Crippen LogP contribution in [0.1, 0.15) is 24.2 Å². The van der Waals surface area contributed by atoms with Crippen LogP contribution in [0.4, 0.5) is 0 Å². The maximum atomic E-state index is 11.0. The molecule has 0 saturated carbocycles. The normalized spacial score (nSPS) is 8.47. The van der Waals surface area contributed by atoms with E-state index in [-0.39, 0.29) is 10.7 Å². The molecule has 0 aliphatic carbocycles. The van der Waals surface area contributed by atoms with Gasteiger partial charge in [0.15, 0.2) is 4.69 Å². The first-order chi connectivity index (χ1) is 7.07. The van der Waals surface area contributed by atoms with E-state index in [0.29, 0.717) is 12.2 Å². The minimum atomic E-state index is -0.256. The summed E-state index contributed by atoms with van der Waals surface area (Å²) in [5.74, 6) is -0.256. The standard InChI is InChI=1S/C9H10O2.C2H3BrO/c1-2-11-9(10)8-6-4-3-5-7-8;1-2(3)4/h3-7H,2H2,1H3;1H3. The Hall–Kier alpha value is -1.16. The third-order valence-electron chi connectivity index (χ3n) is 1.28. The number of rotatable bonds is 2. The van der Waals surface area contributed by atoms with E-state index in [1.54, 1.807) is 19.1 Å². The van der Waals surface area contributed by atoms with Crippen molar-refractivity contribution in [1.82, 2.24) is 0 Å². The number of hydrogen-bond acceptors (Lipinski definition) is 3. The number of ether oxygens (including phenoxy) is 1. The van der Waals surface area contributed by atoms with Crippen molar-refractivity contribution in [3.05, 3.63) is 35.9 Å². The van der Waals surface area contributed by atoms with Gasteiger partial charge in [0.2, 0.25) is 0 Å². The van der Waals surface area contributed by atoms with Crippen molar-refractivity contribution in [2.45, 2.75) is 13.8 Å². The third kappa shape index (κ3) is 7.88. The monoisotopic (exact) mass is 272 g/mol. The van der Waals surface area contributed by atoms with E-state index >= 15 is 0 Å². The summed E-state index contributed by atoms with van der Waals surface area (Å²) in [6.07, 6.45) is 0. The molecule has 0 atom stereocenters. The largest absolute Gasteiger partial charge is 0.462 e. The predicted molar refractivity (Wildman–Crippen MR) is 62.0 cm³/mol. The van der Waals surface area contributed by atoms with Crippen LogP contribution in [0, 0.1) is 0 Å². The van der Waals surface area contributed by atoms with Crippen LogP contribution < -0.4 is 0 Å². The van der Waals surface area contributed by atoms with Gasteiger partial charge in [-0.05, 0) is 35.0 Å². The molecule has 82 valence electrons. The van der Waals surface area contributed by atoms with Crippen LogP contribution in [0.5, 0.6) is 0 Å². The topological polar surface area (TPSA) is 43.4 Å². The number of carbonyl (C=O) groups excluding carboxylic acids is 2. The Morgan fingerprint density at radius 2 is 1.73 bits per heavy atom. The van der Waals surface area contributed by atoms with Crippen LogP contribution in [0.2, 0.25) is 0 Å². The quantitative estimate of drug-likeness (QED) is 0.614. The maximum absolute atomic E-state index is 11.0. The summed E-state index contributed by atoms with van der Waals surface area (Å²) in [5.41, 5.74) is 0.606. The van der Waals surface area contributed by atoms with Crippen molar-refractivity contribution in [3.8, 4) is 0 Å². The third-order valence-corrected chi connectivity index (χ3v) is 1.28. The van der Waals surface area contributed by atoms with Gasteiger partial charge in [-0.1, -0.05) is 18.2 Å². The van der Waals surface area contributed by atoms with Gasteiger partial charge in [0, 0.05) is 6.92 Å². The zero-order chi connectivity index (χ0) is 11.7. The Bertz CT molecular complexity index is 305. The number of halogens is 1. The van der Waals surface area contributed by atoms with Gasteiger partial charge >= 0.3 is 5.97 Å². The molecule has 0 aliphatic rings. The number of hydrogen-bond donors (Lipinski definition) is 0. The molecule has 0 spiro atoms. The van der Waals surface area contributed by atoms with E-state index in [4.69, 9.17) is 4.74 Å². The molecular weight excluding hydrogens is 260 g/mol. The first-order valence-corrected chi connectivity index (χ1v) is 5.25. The van der Waals surface area contributed by atoms with E-state index < -0.39 is 0 Å². The number of benzene rings is 1. The highest BCUT2D eigenvalue weighted by Crippen LogP contribution is 1.99. The van der Waals surface area contributed by atoms with Crippen molar-refractivity contribution >= 4 is 26.6 Å². The zero-order valence-corrected chi connectivity index (χ0v) is 10.3. The first kappa shape index (κ1) is 13.8. The molecule has 0 aromatic heterocycles. The lowest BCUT2D eigenvalue weighted by molar-refractivity contribution is -0.108. The summed E-state index contributed by atoms with van der Waals surface area (Å²) in [6, 6.07) is 8.96. The summed E-state index contributed by atoms with van der Waals surface area (Å²) in [5, 5.41) is 0. The summed E-state index contributed by atoms with van der Waals surface area (Å²) in [7, 11) is 0. The average molecular weight is 273 g/mol. The smallest absolute Gasteiger partial charge is 0.338 e. The Balaban J connectivity index is 0.000000423. The molecule has 0 bridgehead atoms. The van der Waals surface area contributed by atoms with Crippen molar-refractivity contribution in [2.24, 2.45) is 0 Å². The van der Waals surface area contributed by atoms with E-state index in [0.717, 1.165) is 0 Å². The molecule has 0 amide bonds. The molecule has 0 aliphatic heterocycles. The minimum absolute atomic E-state index is 0.0208. The van der Waals surface area contributed by atoms with Crippen LogP contribution in [-0.4, -0.2) is 17.3 Å². The highest BCUT2D eigenvalue weighted by Gasteiger charge is 2.02. The second-order valence-electron chi connectivity index (χ2n) is 2.56. The maximum Gasteiger partial charge on any atom is 0.338 e. The van der Waals surface area contributed by atoms with Gasteiger partial charge in [-0.3, -0.25) is 4.79 Å². The second-order valence-corrected chi connectivity index (χ2v) is 3.67. The van der Waals surface area contributed by atoms with Crippen molar-refractivity contribution in [2.75, 3.05) is 6.61 Å². The molecule has 1 aromatic carbocycles. The lowest BCUT2D eigenvalue weighted by Gasteiger charge is -1.99. The molecule has 0 N–H and O–H groups in total. The molecule has 0 saturated heterocycles. The highest BCUT2D eigenvalue weighted by atomic mass is 79.9. The van der Waals surface area contributed by atoms with E-state index in [9.17, 15) is 9.59 Å². The summed E-state index contributed by atoms with van der Waals surface area (Å²) in [6.45, 7) is 3.66. The van der Waals surface area contributed by atoms with Crippen LogP contribution in [-0.2, 0) is 9.53 Å². The Labute approximate surface area is 97.6 Å².